The fourth-order valence-electron chi connectivity index (χ4n) is 4.24. The van der Waals surface area contributed by atoms with Gasteiger partial charge in [0.15, 0.2) is 23.1 Å². The van der Waals surface area contributed by atoms with E-state index in [4.69, 9.17) is 31.2 Å². The Balaban J connectivity index is 1.66. The molecule has 0 unspecified atom stereocenters. The molecule has 1 aromatic heterocycles. The van der Waals surface area contributed by atoms with Crippen LogP contribution in [0, 0.1) is 0 Å². The minimum atomic E-state index is -0.422. The van der Waals surface area contributed by atoms with Gasteiger partial charge in [-0.2, -0.15) is 4.98 Å². The molecule has 1 aliphatic heterocycles. The number of hydrogen-bond acceptors (Lipinski definition) is 6. The fourth-order valence-corrected chi connectivity index (χ4v) is 4.48. The van der Waals surface area contributed by atoms with Crippen molar-refractivity contribution in [3.63, 3.8) is 0 Å². The van der Waals surface area contributed by atoms with Gasteiger partial charge in [-0.3, -0.25) is 4.79 Å². The SMILES string of the molecule is COc1ccc(-c2nc3n(n2)[C@@H](c2ccccc2Cl)C2=C(CCCC2=O)N3)cc1OC. The molecule has 158 valence electrons. The molecule has 0 amide bonds. The Morgan fingerprint density at radius 2 is 1.90 bits per heavy atom. The van der Waals surface area contributed by atoms with Crippen LogP contribution >= 0.6 is 11.6 Å². The Labute approximate surface area is 184 Å². The number of nitrogens with zero attached hydrogens (tertiary/aromatic N) is 3. The lowest BCUT2D eigenvalue weighted by molar-refractivity contribution is -0.116. The second-order valence-corrected chi connectivity index (χ2v) is 7.90. The molecule has 2 aliphatic rings. The lowest BCUT2D eigenvalue weighted by atomic mass is 9.85. The van der Waals surface area contributed by atoms with E-state index in [1.165, 1.54) is 0 Å². The van der Waals surface area contributed by atoms with Gasteiger partial charge in [0.1, 0.15) is 6.04 Å². The molecule has 1 atom stereocenters. The minimum Gasteiger partial charge on any atom is -0.493 e. The fraction of sp³-hybridized carbons (Fsp3) is 0.261. The third-order valence-electron chi connectivity index (χ3n) is 5.71. The number of allylic oxidation sites excluding steroid dienone is 2. The summed E-state index contributed by atoms with van der Waals surface area (Å²) in [5, 5.41) is 8.71. The van der Waals surface area contributed by atoms with Gasteiger partial charge in [0.25, 0.3) is 0 Å². The number of ketones is 1. The topological polar surface area (TPSA) is 78.3 Å². The number of fused-ring (bicyclic) bond motifs is 1. The number of aromatic nitrogens is 3. The molecule has 1 N–H and O–H groups in total. The smallest absolute Gasteiger partial charge is 0.226 e. The molecular formula is C23H21ClN4O3. The quantitative estimate of drug-likeness (QED) is 0.642. The van der Waals surface area contributed by atoms with E-state index in [1.54, 1.807) is 18.9 Å². The molecule has 2 aromatic carbocycles. The van der Waals surface area contributed by atoms with E-state index in [9.17, 15) is 4.79 Å². The maximum atomic E-state index is 12.9. The van der Waals surface area contributed by atoms with Crippen molar-refractivity contribution in [1.82, 2.24) is 14.8 Å². The van der Waals surface area contributed by atoms with E-state index < -0.39 is 6.04 Å². The molecule has 5 rings (SSSR count). The summed E-state index contributed by atoms with van der Waals surface area (Å²) in [6.45, 7) is 0. The Bertz CT molecular complexity index is 1220. The van der Waals surface area contributed by atoms with Crippen molar-refractivity contribution in [1.29, 1.82) is 0 Å². The first kappa shape index (κ1) is 19.6. The number of methoxy groups -OCH3 is 2. The van der Waals surface area contributed by atoms with Gasteiger partial charge in [-0.1, -0.05) is 29.8 Å². The van der Waals surface area contributed by atoms with Crippen LogP contribution < -0.4 is 14.8 Å². The first-order chi connectivity index (χ1) is 15.1. The summed E-state index contributed by atoms with van der Waals surface area (Å²) in [4.78, 5) is 17.7. The third kappa shape index (κ3) is 3.25. The summed E-state index contributed by atoms with van der Waals surface area (Å²) in [6, 6.07) is 12.7. The van der Waals surface area contributed by atoms with Crippen LogP contribution in [0.25, 0.3) is 11.4 Å². The van der Waals surface area contributed by atoms with Crippen LogP contribution in [-0.2, 0) is 4.79 Å². The zero-order chi connectivity index (χ0) is 21.5. The third-order valence-corrected chi connectivity index (χ3v) is 6.05. The van der Waals surface area contributed by atoms with E-state index in [0.29, 0.717) is 34.7 Å². The van der Waals surface area contributed by atoms with Crippen LogP contribution in [-0.4, -0.2) is 34.8 Å². The van der Waals surface area contributed by atoms with Gasteiger partial charge in [0.05, 0.1) is 14.2 Å². The van der Waals surface area contributed by atoms with Gasteiger partial charge < -0.3 is 14.8 Å². The van der Waals surface area contributed by atoms with Crippen molar-refractivity contribution in [2.24, 2.45) is 0 Å². The molecule has 0 saturated heterocycles. The molecule has 1 aliphatic carbocycles. The zero-order valence-corrected chi connectivity index (χ0v) is 17.9. The predicted octanol–water partition coefficient (Wildman–Crippen LogP) is 4.64. The number of carbonyl (C=O) groups is 1. The molecule has 0 radical (unpaired) electrons. The Morgan fingerprint density at radius 3 is 2.68 bits per heavy atom. The van der Waals surface area contributed by atoms with E-state index in [1.807, 2.05) is 42.5 Å². The summed E-state index contributed by atoms with van der Waals surface area (Å²) >= 11 is 6.55. The van der Waals surface area contributed by atoms with Gasteiger partial charge in [-0.15, -0.1) is 5.10 Å². The van der Waals surface area contributed by atoms with E-state index in [-0.39, 0.29) is 5.78 Å². The number of ether oxygens (including phenoxy) is 2. The predicted molar refractivity (Wildman–Crippen MR) is 118 cm³/mol. The number of nitrogens with one attached hydrogen (secondary N) is 1. The Morgan fingerprint density at radius 1 is 1.10 bits per heavy atom. The summed E-state index contributed by atoms with van der Waals surface area (Å²) in [7, 11) is 3.18. The minimum absolute atomic E-state index is 0.118. The zero-order valence-electron chi connectivity index (χ0n) is 17.2. The molecule has 31 heavy (non-hydrogen) atoms. The van der Waals surface area contributed by atoms with Crippen molar-refractivity contribution in [2.45, 2.75) is 25.3 Å². The molecule has 0 fully saturated rings. The van der Waals surface area contributed by atoms with Crippen LogP contribution in [0.4, 0.5) is 5.95 Å². The van der Waals surface area contributed by atoms with Crippen LogP contribution in [0.5, 0.6) is 11.5 Å². The maximum absolute atomic E-state index is 12.9. The number of anilines is 1. The van der Waals surface area contributed by atoms with E-state index >= 15 is 0 Å². The number of halogens is 1. The van der Waals surface area contributed by atoms with Gasteiger partial charge in [0.2, 0.25) is 5.95 Å². The van der Waals surface area contributed by atoms with E-state index in [2.05, 4.69) is 5.32 Å². The standard InChI is InChI=1S/C23H21ClN4O3/c1-30-18-11-10-13(12-19(18)31-2)22-26-23-25-16-8-5-9-17(29)20(16)21(28(23)27-22)14-6-3-4-7-15(14)24/h3-4,6-7,10-12,21H,5,8-9H2,1-2H3,(H,25,26,27)/t21-/m0/s1. The second kappa shape index (κ2) is 7.74. The molecule has 0 spiro atoms. The number of carbonyl (C=O) groups excluding carboxylic acids is 1. The molecule has 0 bridgehead atoms. The number of hydrogen-bond donors (Lipinski definition) is 1. The average molecular weight is 437 g/mol. The van der Waals surface area contributed by atoms with Crippen molar-refractivity contribution < 1.29 is 14.3 Å². The monoisotopic (exact) mass is 436 g/mol. The lowest BCUT2D eigenvalue weighted by Crippen LogP contribution is -2.31. The lowest BCUT2D eigenvalue weighted by Gasteiger charge is -2.32. The summed E-state index contributed by atoms with van der Waals surface area (Å²) in [6.07, 6.45) is 2.13. The highest BCUT2D eigenvalue weighted by Gasteiger charge is 2.37. The Kier molecular flexibility index (Phi) is 4.90. The van der Waals surface area contributed by atoms with Crippen LogP contribution in [0.1, 0.15) is 30.9 Å². The number of rotatable bonds is 4. The first-order valence-electron chi connectivity index (χ1n) is 10.1. The highest BCUT2D eigenvalue weighted by atomic mass is 35.5. The second-order valence-electron chi connectivity index (χ2n) is 7.49. The van der Waals surface area contributed by atoms with Gasteiger partial charge in [-0.25, -0.2) is 4.68 Å². The van der Waals surface area contributed by atoms with Gasteiger partial charge >= 0.3 is 0 Å². The van der Waals surface area contributed by atoms with Crippen LogP contribution in [0.3, 0.4) is 0 Å². The molecule has 2 heterocycles. The van der Waals surface area contributed by atoms with Crippen LogP contribution in [0.2, 0.25) is 5.02 Å². The molecule has 8 heteroatoms. The molecule has 3 aromatic rings. The van der Waals surface area contributed by atoms with Crippen molar-refractivity contribution in [3.05, 3.63) is 64.3 Å². The van der Waals surface area contributed by atoms with Crippen molar-refractivity contribution in [3.8, 4) is 22.9 Å². The van der Waals surface area contributed by atoms with Crippen LogP contribution in [0.15, 0.2) is 53.7 Å². The molecule has 0 saturated carbocycles. The summed E-state index contributed by atoms with van der Waals surface area (Å²) < 4.78 is 12.5. The van der Waals surface area contributed by atoms with E-state index in [0.717, 1.165) is 35.2 Å². The maximum Gasteiger partial charge on any atom is 0.226 e. The average Bonchev–Trinajstić information content (AvgIpc) is 3.21. The molecular weight excluding hydrogens is 416 g/mol. The normalized spacial score (nSPS) is 17.6. The highest BCUT2D eigenvalue weighted by Crippen LogP contribution is 2.42. The molecule has 7 nitrogen and oxygen atoms in total. The van der Waals surface area contributed by atoms with Gasteiger partial charge in [-0.05, 0) is 37.1 Å². The Hall–Kier alpha value is -3.32. The highest BCUT2D eigenvalue weighted by molar-refractivity contribution is 6.31. The number of benzene rings is 2. The van der Waals surface area contributed by atoms with Crippen molar-refractivity contribution in [2.75, 3.05) is 19.5 Å². The number of Topliss-reactive ketones (excluding diaryl/α,β-unsaturated/α-hetero) is 1. The largest absolute Gasteiger partial charge is 0.493 e. The van der Waals surface area contributed by atoms with Crippen molar-refractivity contribution >= 4 is 23.3 Å². The first-order valence-corrected chi connectivity index (χ1v) is 10.4. The summed E-state index contributed by atoms with van der Waals surface area (Å²) in [5.74, 6) is 2.45. The summed E-state index contributed by atoms with van der Waals surface area (Å²) in [5.41, 5.74) is 3.23. The van der Waals surface area contributed by atoms with Gasteiger partial charge in [0, 0.05) is 33.8 Å².